The molecule has 0 unspecified atom stereocenters. The average molecular weight is 1020 g/mol. The molecule has 4 aromatic rings. The van der Waals surface area contributed by atoms with Gasteiger partial charge in [-0.1, -0.05) is 248 Å². The molecule has 0 bridgehead atoms. The fourth-order valence-electron chi connectivity index (χ4n) is 9.34. The molecular formula is C59H88Cl2N4O4S. The van der Waals surface area contributed by atoms with E-state index in [0.717, 1.165) is 25.7 Å². The number of anilines is 1. The fourth-order valence-corrected chi connectivity index (χ4v) is 10.8. The molecule has 4 rings (SSSR count). The second kappa shape index (κ2) is 35.5. The van der Waals surface area contributed by atoms with Gasteiger partial charge in [0.15, 0.2) is 0 Å². The van der Waals surface area contributed by atoms with Gasteiger partial charge in [-0.15, -0.1) is 10.2 Å². The highest BCUT2D eigenvalue weighted by Gasteiger charge is 2.21. The molecule has 8 nitrogen and oxygen atoms in total. The minimum atomic E-state index is -4.11. The number of rotatable bonds is 40. The molecule has 0 atom stereocenters. The molecule has 0 saturated heterocycles. The highest BCUT2D eigenvalue weighted by atomic mass is 35.5. The molecular weight excluding hydrogens is 932 g/mol. The number of benzene rings is 4. The van der Waals surface area contributed by atoms with Crippen molar-refractivity contribution in [3.8, 4) is 5.75 Å². The summed E-state index contributed by atoms with van der Waals surface area (Å²) in [5.41, 5.74) is 1.10. The lowest BCUT2D eigenvalue weighted by Crippen LogP contribution is -2.33. The maximum absolute atomic E-state index is 14.2. The number of sulfonamides is 1. The Labute approximate surface area is 434 Å². The maximum Gasteiger partial charge on any atom is 0.261 e. The van der Waals surface area contributed by atoms with Crippen LogP contribution in [-0.2, 0) is 10.0 Å². The van der Waals surface area contributed by atoms with Gasteiger partial charge in [-0.05, 0) is 72.8 Å². The van der Waals surface area contributed by atoms with Gasteiger partial charge < -0.3 is 10.0 Å². The Balaban J connectivity index is 1.30. The number of fused-ring (bicyclic) bond motifs is 1. The number of carbonyl (C=O) groups excluding carboxylic acids is 1. The summed E-state index contributed by atoms with van der Waals surface area (Å²) in [6.07, 6.45) is 41.5. The molecule has 0 radical (unpaired) electrons. The molecule has 0 aromatic heterocycles. The van der Waals surface area contributed by atoms with E-state index < -0.39 is 10.0 Å². The Morgan fingerprint density at radius 3 is 1.49 bits per heavy atom. The number of azo groups is 1. The molecule has 0 heterocycles. The number of phenolic OH excluding ortho intramolecular Hbond substituents is 1. The van der Waals surface area contributed by atoms with Crippen LogP contribution in [0.4, 0.5) is 17.1 Å². The van der Waals surface area contributed by atoms with Gasteiger partial charge in [0.25, 0.3) is 15.9 Å². The van der Waals surface area contributed by atoms with Crippen molar-refractivity contribution in [2.24, 2.45) is 10.2 Å². The molecule has 0 saturated carbocycles. The first-order valence-electron chi connectivity index (χ1n) is 27.7. The van der Waals surface area contributed by atoms with Gasteiger partial charge in [0.1, 0.15) is 17.1 Å². The van der Waals surface area contributed by atoms with Crippen molar-refractivity contribution in [2.75, 3.05) is 17.8 Å². The predicted octanol–water partition coefficient (Wildman–Crippen LogP) is 20.0. The Bertz CT molecular complexity index is 2180. The Hall–Kier alpha value is -3.66. The molecule has 1 amide bonds. The minimum absolute atomic E-state index is 0.00497. The summed E-state index contributed by atoms with van der Waals surface area (Å²) in [4.78, 5) is 16.2. The van der Waals surface area contributed by atoms with E-state index in [4.69, 9.17) is 23.2 Å². The Kier molecular flexibility index (Phi) is 29.8. The van der Waals surface area contributed by atoms with Gasteiger partial charge in [0.05, 0.1) is 9.92 Å². The number of halogens is 2. The number of hydrogen-bond acceptors (Lipinski definition) is 6. The summed E-state index contributed by atoms with van der Waals surface area (Å²) in [6.45, 7) is 5.88. The fraction of sp³-hybridized carbons (Fsp3) is 0.610. The number of phenols is 1. The molecule has 0 fully saturated rings. The van der Waals surface area contributed by atoms with E-state index in [1.54, 1.807) is 54.6 Å². The van der Waals surface area contributed by atoms with Crippen LogP contribution in [-0.4, -0.2) is 37.4 Å². The van der Waals surface area contributed by atoms with E-state index in [9.17, 15) is 18.3 Å². The molecule has 0 aliphatic heterocycles. The van der Waals surface area contributed by atoms with Crippen molar-refractivity contribution in [3.63, 3.8) is 0 Å². The number of carbonyl (C=O) groups is 1. The summed E-state index contributed by atoms with van der Waals surface area (Å²) in [7, 11) is -4.11. The van der Waals surface area contributed by atoms with Crippen LogP contribution in [0.3, 0.4) is 0 Å². The van der Waals surface area contributed by atoms with Crippen LogP contribution >= 0.6 is 23.2 Å². The number of unbranched alkanes of at least 4 members (excludes halogenated alkanes) is 30. The van der Waals surface area contributed by atoms with Crippen molar-refractivity contribution in [3.05, 3.63) is 88.4 Å². The van der Waals surface area contributed by atoms with Crippen molar-refractivity contribution >= 4 is 67.0 Å². The lowest BCUT2D eigenvalue weighted by atomic mass is 10.0. The topological polar surface area (TPSA) is 111 Å². The van der Waals surface area contributed by atoms with E-state index in [2.05, 4.69) is 28.8 Å². The van der Waals surface area contributed by atoms with Crippen LogP contribution in [0, 0.1) is 0 Å². The standard InChI is InChI=1S/C59H88Cl2N4O4S/c1-3-5-7-9-11-13-15-17-19-21-23-25-27-29-31-33-44-65(45-34-32-30-28-26-24-22-20-18-16-14-12-10-8-6-4-2)59(67)50-36-35-37-53(46-50)70(68,69)64-52-41-38-49-39-43-57(66)58(54(49)48-52)63-62-56-47-51(60)40-42-55(56)61/h35-43,46-48,64,66H,3-34,44-45H2,1-2H3. The van der Waals surface area contributed by atoms with Crippen molar-refractivity contribution in [1.29, 1.82) is 0 Å². The van der Waals surface area contributed by atoms with Crippen molar-refractivity contribution in [2.45, 2.75) is 224 Å². The van der Waals surface area contributed by atoms with Gasteiger partial charge in [-0.3, -0.25) is 9.52 Å². The third-order valence-electron chi connectivity index (χ3n) is 13.6. The zero-order valence-corrected chi connectivity index (χ0v) is 45.5. The largest absolute Gasteiger partial charge is 0.506 e. The number of nitrogens with one attached hydrogen (secondary N) is 1. The first-order chi connectivity index (χ1) is 34.1. The molecule has 388 valence electrons. The first kappa shape index (κ1) is 58.9. The SMILES string of the molecule is CCCCCCCCCCCCCCCCCCN(CCCCCCCCCCCCCCCCCC)C(=O)c1cccc(S(=O)(=O)Nc2ccc3ccc(O)c(N=Nc4cc(Cl)ccc4Cl)c3c2)c1. The molecule has 0 aliphatic rings. The summed E-state index contributed by atoms with van der Waals surface area (Å²) in [6, 6.07) is 19.4. The lowest BCUT2D eigenvalue weighted by molar-refractivity contribution is 0.0749. The van der Waals surface area contributed by atoms with Gasteiger partial charge in [0, 0.05) is 34.7 Å². The molecule has 11 heteroatoms. The maximum atomic E-state index is 14.2. The lowest BCUT2D eigenvalue weighted by Gasteiger charge is -2.23. The number of hydrogen-bond donors (Lipinski definition) is 2. The van der Waals surface area contributed by atoms with Gasteiger partial charge in [-0.2, -0.15) is 0 Å². The number of nitrogens with zero attached hydrogens (tertiary/aromatic N) is 3. The van der Waals surface area contributed by atoms with Gasteiger partial charge >= 0.3 is 0 Å². The van der Waals surface area contributed by atoms with Crippen LogP contribution in [0.2, 0.25) is 10.0 Å². The van der Waals surface area contributed by atoms with Crippen LogP contribution < -0.4 is 4.72 Å². The van der Waals surface area contributed by atoms with E-state index in [1.165, 1.54) is 198 Å². The van der Waals surface area contributed by atoms with Crippen molar-refractivity contribution < 1.29 is 18.3 Å². The smallest absolute Gasteiger partial charge is 0.261 e. The Morgan fingerprint density at radius 2 is 1.00 bits per heavy atom. The quantitative estimate of drug-likeness (QED) is 0.0341. The average Bonchev–Trinajstić information content (AvgIpc) is 3.35. The van der Waals surface area contributed by atoms with Crippen LogP contribution in [0.15, 0.2) is 87.9 Å². The second-order valence-electron chi connectivity index (χ2n) is 19.7. The van der Waals surface area contributed by atoms with E-state index in [-0.39, 0.29) is 27.9 Å². The Morgan fingerprint density at radius 1 is 0.543 bits per heavy atom. The normalized spacial score (nSPS) is 11.8. The van der Waals surface area contributed by atoms with Crippen LogP contribution in [0.1, 0.15) is 230 Å². The highest BCUT2D eigenvalue weighted by Crippen LogP contribution is 2.39. The van der Waals surface area contributed by atoms with Gasteiger partial charge in [0.2, 0.25) is 0 Å². The van der Waals surface area contributed by atoms with E-state index in [0.29, 0.717) is 45.2 Å². The monoisotopic (exact) mass is 1020 g/mol. The molecule has 4 aromatic carbocycles. The van der Waals surface area contributed by atoms with Crippen LogP contribution in [0.25, 0.3) is 10.8 Å². The van der Waals surface area contributed by atoms with Gasteiger partial charge in [-0.25, -0.2) is 8.42 Å². The summed E-state index contributed by atoms with van der Waals surface area (Å²) < 4.78 is 30.6. The van der Waals surface area contributed by atoms with Crippen molar-refractivity contribution in [1.82, 2.24) is 4.90 Å². The minimum Gasteiger partial charge on any atom is -0.506 e. The summed E-state index contributed by atoms with van der Waals surface area (Å²) in [5.74, 6) is -0.265. The molecule has 0 aliphatic carbocycles. The predicted molar refractivity (Wildman–Crippen MR) is 298 cm³/mol. The zero-order chi connectivity index (χ0) is 50.1. The third kappa shape index (κ3) is 23.3. The molecule has 70 heavy (non-hydrogen) atoms. The second-order valence-corrected chi connectivity index (χ2v) is 22.2. The molecule has 2 N–H and O–H groups in total. The number of amides is 1. The first-order valence-corrected chi connectivity index (χ1v) is 29.9. The highest BCUT2D eigenvalue weighted by molar-refractivity contribution is 7.92. The van der Waals surface area contributed by atoms with E-state index in [1.807, 2.05) is 4.90 Å². The number of aromatic hydroxyl groups is 1. The van der Waals surface area contributed by atoms with E-state index >= 15 is 0 Å². The molecule has 0 spiro atoms. The zero-order valence-electron chi connectivity index (χ0n) is 43.1. The summed E-state index contributed by atoms with van der Waals surface area (Å²) in [5, 5.41) is 21.3. The summed E-state index contributed by atoms with van der Waals surface area (Å²) >= 11 is 12.4. The third-order valence-corrected chi connectivity index (χ3v) is 15.6. The van der Waals surface area contributed by atoms with Crippen LogP contribution in [0.5, 0.6) is 5.75 Å².